The third kappa shape index (κ3) is 3.33. The van der Waals surface area contributed by atoms with Crippen molar-refractivity contribution >= 4 is 40.5 Å². The zero-order valence-corrected chi connectivity index (χ0v) is 15.2. The number of benzene rings is 2. The molecule has 0 aromatic heterocycles. The summed E-state index contributed by atoms with van der Waals surface area (Å²) in [6.07, 6.45) is 3.06. The minimum Gasteiger partial charge on any atom is -0.496 e. The van der Waals surface area contributed by atoms with E-state index in [1.807, 2.05) is 24.3 Å². The Morgan fingerprint density at radius 1 is 1.12 bits per heavy atom. The molecular weight excluding hydrogens is 345 g/mol. The van der Waals surface area contributed by atoms with Gasteiger partial charge in [-0.3, -0.25) is 0 Å². The molecule has 0 fully saturated rings. The molecule has 0 saturated heterocycles. The van der Waals surface area contributed by atoms with E-state index in [0.29, 0.717) is 23.2 Å². The molecule has 3 rings (SSSR count). The second-order valence-electron chi connectivity index (χ2n) is 5.55. The molecule has 1 N–H and O–H groups in total. The van der Waals surface area contributed by atoms with Gasteiger partial charge in [0.1, 0.15) is 11.5 Å². The Bertz CT molecular complexity index is 787. The number of hydrogen-bond acceptors (Lipinski definition) is 3. The SMILES string of the molecule is CCCOc1ccc(OC)c2c1NCC(c1ccc(Cl)cc1Cl)=C2. The van der Waals surface area contributed by atoms with Crippen molar-refractivity contribution in [1.29, 1.82) is 0 Å². The fraction of sp³-hybridized carbons (Fsp3) is 0.263. The lowest BCUT2D eigenvalue weighted by molar-refractivity contribution is 0.318. The quantitative estimate of drug-likeness (QED) is 0.732. The predicted molar refractivity (Wildman–Crippen MR) is 102 cm³/mol. The second kappa shape index (κ2) is 7.37. The number of rotatable bonds is 5. The van der Waals surface area contributed by atoms with E-state index in [-0.39, 0.29) is 0 Å². The summed E-state index contributed by atoms with van der Waals surface area (Å²) in [7, 11) is 1.67. The molecule has 0 spiro atoms. The lowest BCUT2D eigenvalue weighted by Gasteiger charge is -2.24. The molecule has 0 atom stereocenters. The first-order valence-electron chi connectivity index (χ1n) is 7.87. The topological polar surface area (TPSA) is 30.5 Å². The fourth-order valence-electron chi connectivity index (χ4n) is 2.75. The minimum atomic E-state index is 0.626. The van der Waals surface area contributed by atoms with Crippen LogP contribution in [0.5, 0.6) is 11.5 Å². The van der Waals surface area contributed by atoms with Crippen molar-refractivity contribution in [2.45, 2.75) is 13.3 Å². The standard InChI is InChI=1S/C19H19Cl2NO2/c1-3-8-24-18-7-6-17(23-2)15-9-12(11-22-19(15)18)14-5-4-13(20)10-16(14)21/h4-7,9-10,22H,3,8,11H2,1-2H3. The van der Waals surface area contributed by atoms with Crippen molar-refractivity contribution in [2.24, 2.45) is 0 Å². The Morgan fingerprint density at radius 2 is 1.92 bits per heavy atom. The maximum absolute atomic E-state index is 6.35. The Kier molecular flexibility index (Phi) is 5.22. The van der Waals surface area contributed by atoms with E-state index in [4.69, 9.17) is 32.7 Å². The van der Waals surface area contributed by atoms with E-state index >= 15 is 0 Å². The predicted octanol–water partition coefficient (Wildman–Crippen LogP) is 5.76. The first-order chi connectivity index (χ1) is 11.6. The molecule has 0 aliphatic carbocycles. The van der Waals surface area contributed by atoms with Crippen LogP contribution in [0.4, 0.5) is 5.69 Å². The minimum absolute atomic E-state index is 0.626. The van der Waals surface area contributed by atoms with Crippen LogP contribution < -0.4 is 14.8 Å². The van der Waals surface area contributed by atoms with Gasteiger partial charge in [0.2, 0.25) is 0 Å². The van der Waals surface area contributed by atoms with E-state index in [0.717, 1.165) is 40.3 Å². The summed E-state index contributed by atoms with van der Waals surface area (Å²) in [6.45, 7) is 3.42. The number of fused-ring (bicyclic) bond motifs is 1. The molecule has 5 heteroatoms. The highest BCUT2D eigenvalue weighted by Crippen LogP contribution is 2.42. The molecule has 0 bridgehead atoms. The van der Waals surface area contributed by atoms with Gasteiger partial charge in [0.25, 0.3) is 0 Å². The highest BCUT2D eigenvalue weighted by molar-refractivity contribution is 6.36. The summed E-state index contributed by atoms with van der Waals surface area (Å²) >= 11 is 12.4. The van der Waals surface area contributed by atoms with E-state index in [9.17, 15) is 0 Å². The van der Waals surface area contributed by atoms with Crippen molar-refractivity contribution in [3.05, 3.63) is 51.5 Å². The molecule has 2 aromatic rings. The molecule has 1 aliphatic rings. The molecule has 0 unspecified atom stereocenters. The van der Waals surface area contributed by atoms with Gasteiger partial charge in [-0.15, -0.1) is 0 Å². The van der Waals surface area contributed by atoms with Crippen molar-refractivity contribution < 1.29 is 9.47 Å². The van der Waals surface area contributed by atoms with Crippen molar-refractivity contribution in [1.82, 2.24) is 0 Å². The Hall–Kier alpha value is -1.84. The zero-order chi connectivity index (χ0) is 17.1. The molecule has 0 saturated carbocycles. The van der Waals surface area contributed by atoms with Gasteiger partial charge in [-0.05, 0) is 47.9 Å². The molecule has 24 heavy (non-hydrogen) atoms. The van der Waals surface area contributed by atoms with Crippen LogP contribution in [0.25, 0.3) is 11.6 Å². The number of halogens is 2. The number of nitrogens with one attached hydrogen (secondary N) is 1. The molecule has 2 aromatic carbocycles. The van der Waals surface area contributed by atoms with Gasteiger partial charge < -0.3 is 14.8 Å². The maximum Gasteiger partial charge on any atom is 0.143 e. The van der Waals surface area contributed by atoms with E-state index in [1.165, 1.54) is 0 Å². The van der Waals surface area contributed by atoms with Crippen molar-refractivity contribution in [2.75, 3.05) is 25.6 Å². The fourth-order valence-corrected chi connectivity index (χ4v) is 3.28. The summed E-state index contributed by atoms with van der Waals surface area (Å²) < 4.78 is 11.4. The summed E-state index contributed by atoms with van der Waals surface area (Å²) in [5.74, 6) is 1.63. The van der Waals surface area contributed by atoms with Crippen LogP contribution in [0.2, 0.25) is 10.0 Å². The van der Waals surface area contributed by atoms with Gasteiger partial charge in [0, 0.05) is 22.2 Å². The van der Waals surface area contributed by atoms with Crippen LogP contribution in [0.15, 0.2) is 30.3 Å². The lowest BCUT2D eigenvalue weighted by Crippen LogP contribution is -2.13. The molecular formula is C19H19Cl2NO2. The molecule has 0 radical (unpaired) electrons. The number of hydrogen-bond donors (Lipinski definition) is 1. The Balaban J connectivity index is 2.06. The third-order valence-corrected chi connectivity index (χ3v) is 4.45. The van der Waals surface area contributed by atoms with Crippen LogP contribution in [0.1, 0.15) is 24.5 Å². The van der Waals surface area contributed by atoms with E-state index < -0.39 is 0 Å². The largest absolute Gasteiger partial charge is 0.496 e. The second-order valence-corrected chi connectivity index (χ2v) is 6.39. The molecule has 3 nitrogen and oxygen atoms in total. The molecule has 1 heterocycles. The third-order valence-electron chi connectivity index (χ3n) is 3.90. The molecule has 126 valence electrons. The van der Waals surface area contributed by atoms with Crippen LogP contribution in [-0.4, -0.2) is 20.3 Å². The van der Waals surface area contributed by atoms with Gasteiger partial charge in [-0.2, -0.15) is 0 Å². The van der Waals surface area contributed by atoms with Gasteiger partial charge in [0.15, 0.2) is 0 Å². The van der Waals surface area contributed by atoms with E-state index in [2.05, 4.69) is 18.3 Å². The highest BCUT2D eigenvalue weighted by atomic mass is 35.5. The van der Waals surface area contributed by atoms with Gasteiger partial charge in [-0.25, -0.2) is 0 Å². The maximum atomic E-state index is 6.35. The lowest BCUT2D eigenvalue weighted by atomic mass is 9.97. The van der Waals surface area contributed by atoms with Gasteiger partial charge in [0.05, 0.1) is 19.4 Å². The van der Waals surface area contributed by atoms with Crippen molar-refractivity contribution in [3.63, 3.8) is 0 Å². The van der Waals surface area contributed by atoms with Crippen molar-refractivity contribution in [3.8, 4) is 11.5 Å². The Labute approximate surface area is 152 Å². The van der Waals surface area contributed by atoms with Crippen LogP contribution in [-0.2, 0) is 0 Å². The Morgan fingerprint density at radius 3 is 2.62 bits per heavy atom. The number of methoxy groups -OCH3 is 1. The summed E-state index contributed by atoms with van der Waals surface area (Å²) in [6, 6.07) is 9.40. The summed E-state index contributed by atoms with van der Waals surface area (Å²) in [4.78, 5) is 0. The van der Waals surface area contributed by atoms with Crippen LogP contribution in [0.3, 0.4) is 0 Å². The molecule has 1 aliphatic heterocycles. The number of anilines is 1. The van der Waals surface area contributed by atoms with Crippen LogP contribution >= 0.6 is 23.2 Å². The van der Waals surface area contributed by atoms with Crippen LogP contribution in [0, 0.1) is 0 Å². The van der Waals surface area contributed by atoms with E-state index in [1.54, 1.807) is 13.2 Å². The smallest absolute Gasteiger partial charge is 0.143 e. The average Bonchev–Trinajstić information content (AvgIpc) is 2.59. The molecule has 0 amide bonds. The first kappa shape index (κ1) is 17.0. The normalized spacial score (nSPS) is 12.9. The highest BCUT2D eigenvalue weighted by Gasteiger charge is 2.20. The number of ether oxygens (including phenoxy) is 2. The van der Waals surface area contributed by atoms with Gasteiger partial charge >= 0.3 is 0 Å². The van der Waals surface area contributed by atoms with Gasteiger partial charge in [-0.1, -0.05) is 36.2 Å². The first-order valence-corrected chi connectivity index (χ1v) is 8.63. The zero-order valence-electron chi connectivity index (χ0n) is 13.7. The monoisotopic (exact) mass is 363 g/mol. The summed E-state index contributed by atoms with van der Waals surface area (Å²) in [5.41, 5.74) is 3.96. The average molecular weight is 364 g/mol. The summed E-state index contributed by atoms with van der Waals surface area (Å²) in [5, 5.41) is 4.70.